The van der Waals surface area contributed by atoms with E-state index in [4.69, 9.17) is 26.7 Å². The fourth-order valence-electron chi connectivity index (χ4n) is 4.44. The molecule has 0 radical (unpaired) electrons. The Hall–Kier alpha value is -3.34. The van der Waals surface area contributed by atoms with E-state index in [0.717, 1.165) is 47.5 Å². The molecule has 2 aromatic carbocycles. The first-order valence-electron chi connectivity index (χ1n) is 11.7. The summed E-state index contributed by atoms with van der Waals surface area (Å²) < 4.78 is 0.750. The van der Waals surface area contributed by atoms with Crippen molar-refractivity contribution in [2.45, 2.75) is 45.6 Å². The Morgan fingerprint density at radius 1 is 1.21 bits per heavy atom. The Balaban J connectivity index is 1.53. The fourth-order valence-corrected chi connectivity index (χ4v) is 4.66. The minimum atomic E-state index is 0.0468. The van der Waals surface area contributed by atoms with Crippen LogP contribution in [0.2, 0.25) is 5.02 Å². The van der Waals surface area contributed by atoms with Crippen molar-refractivity contribution in [3.05, 3.63) is 70.8 Å². The molecule has 0 aliphatic carbocycles. The number of rotatable bonds is 7. The van der Waals surface area contributed by atoms with Gasteiger partial charge in [0.05, 0.1) is 17.3 Å². The summed E-state index contributed by atoms with van der Waals surface area (Å²) in [4.78, 5) is 11.2. The molecule has 0 saturated carbocycles. The van der Waals surface area contributed by atoms with Crippen LogP contribution in [0.4, 0.5) is 11.4 Å². The van der Waals surface area contributed by atoms with Crippen LogP contribution in [0.1, 0.15) is 56.7 Å². The van der Waals surface area contributed by atoms with Crippen molar-refractivity contribution in [1.82, 2.24) is 19.4 Å². The van der Waals surface area contributed by atoms with Crippen molar-refractivity contribution >= 4 is 34.4 Å². The lowest BCUT2D eigenvalue weighted by atomic mass is 10.1. The predicted molar refractivity (Wildman–Crippen MR) is 136 cm³/mol. The van der Waals surface area contributed by atoms with E-state index in [9.17, 15) is 5.26 Å². The molecule has 2 aliphatic heterocycles. The number of benzene rings is 2. The largest absolute Gasteiger partial charge is 0.266 e. The molecular weight excluding hydrogens is 446 g/mol. The molecule has 2 atom stereocenters. The number of hydrogen-bond acceptors (Lipinski definition) is 5. The third-order valence-electron chi connectivity index (χ3n) is 6.51. The van der Waals surface area contributed by atoms with Gasteiger partial charge in [-0.2, -0.15) is 5.26 Å². The zero-order valence-electron chi connectivity index (χ0n) is 19.6. The van der Waals surface area contributed by atoms with Crippen LogP contribution in [0, 0.1) is 11.3 Å². The van der Waals surface area contributed by atoms with Crippen molar-refractivity contribution in [1.29, 1.82) is 5.26 Å². The number of hydrogen-bond donors (Lipinski definition) is 0. The second kappa shape index (κ2) is 8.79. The number of halogens is 1. The zero-order valence-corrected chi connectivity index (χ0v) is 20.4. The quantitative estimate of drug-likeness (QED) is 0.338. The molecule has 2 aliphatic rings. The molecule has 0 amide bonds. The summed E-state index contributed by atoms with van der Waals surface area (Å²) in [5.41, 5.74) is 4.06. The minimum absolute atomic E-state index is 0.0468. The van der Waals surface area contributed by atoms with Crippen LogP contribution in [-0.4, -0.2) is 45.4 Å². The summed E-state index contributed by atoms with van der Waals surface area (Å²) >= 11 is 6.50. The van der Waals surface area contributed by atoms with E-state index >= 15 is 0 Å². The molecule has 7 nitrogen and oxygen atoms in total. The van der Waals surface area contributed by atoms with Crippen LogP contribution in [0.25, 0.3) is 0 Å². The van der Waals surface area contributed by atoms with Gasteiger partial charge in [0.2, 0.25) is 11.9 Å². The van der Waals surface area contributed by atoms with E-state index in [1.807, 2.05) is 36.4 Å². The molecule has 34 heavy (non-hydrogen) atoms. The van der Waals surface area contributed by atoms with Crippen molar-refractivity contribution < 1.29 is 0 Å². The van der Waals surface area contributed by atoms with E-state index < -0.39 is 0 Å². The summed E-state index contributed by atoms with van der Waals surface area (Å²) in [5, 5.41) is 19.4. The molecule has 1 aromatic heterocycles. The summed E-state index contributed by atoms with van der Waals surface area (Å²) in [6, 6.07) is 18.3. The van der Waals surface area contributed by atoms with Crippen LogP contribution in [0.5, 0.6) is 0 Å². The minimum Gasteiger partial charge on any atom is -0.266 e. The Morgan fingerprint density at radius 2 is 1.97 bits per heavy atom. The Labute approximate surface area is 204 Å². The Kier molecular flexibility index (Phi) is 5.80. The molecular formula is C26H27ClN7+. The SMILES string of the molecule is CCCC[N+]1(c2ccc(N=C3C(c4ccccc4Cl)=Nn4nc(C(C)C)nc43)cc2)CC1C#N. The average molecular weight is 473 g/mol. The van der Waals surface area contributed by atoms with Gasteiger partial charge in [0.1, 0.15) is 23.2 Å². The maximum atomic E-state index is 9.51. The standard InChI is InChI=1S/C26H27ClN7/c1-4-5-14-34(16-20(34)15-28)19-12-10-18(11-13-19)29-24-23(21-8-6-7-9-22(21)27)31-33-26(24)30-25(32-33)17(2)3/h6-13,17,20H,4-5,14,16H2,1-3H3/q+1. The first kappa shape index (κ1) is 22.5. The van der Waals surface area contributed by atoms with E-state index in [1.165, 1.54) is 5.69 Å². The molecule has 2 unspecified atom stereocenters. The summed E-state index contributed by atoms with van der Waals surface area (Å²) in [6.07, 6.45) is 2.22. The molecule has 0 N–H and O–H groups in total. The third-order valence-corrected chi connectivity index (χ3v) is 6.84. The molecule has 3 heterocycles. The molecule has 5 rings (SSSR count). The first-order valence-corrected chi connectivity index (χ1v) is 12.1. The van der Waals surface area contributed by atoms with Gasteiger partial charge in [-0.05, 0) is 24.6 Å². The summed E-state index contributed by atoms with van der Waals surface area (Å²) in [5.74, 6) is 1.53. The highest BCUT2D eigenvalue weighted by atomic mass is 35.5. The van der Waals surface area contributed by atoms with Gasteiger partial charge in [0.15, 0.2) is 12.4 Å². The number of nitriles is 1. The van der Waals surface area contributed by atoms with Gasteiger partial charge in [-0.15, -0.1) is 15.0 Å². The predicted octanol–water partition coefficient (Wildman–Crippen LogP) is 5.45. The fraction of sp³-hybridized carbons (Fsp3) is 0.346. The van der Waals surface area contributed by atoms with Crippen LogP contribution in [0.15, 0.2) is 58.6 Å². The lowest BCUT2D eigenvalue weighted by molar-refractivity contribution is 0.495. The second-order valence-electron chi connectivity index (χ2n) is 9.18. The van der Waals surface area contributed by atoms with Crippen LogP contribution < -0.4 is 4.48 Å². The number of unbranched alkanes of at least 4 members (excludes halogenated alkanes) is 1. The topological polar surface area (TPSA) is 79.2 Å². The van der Waals surface area contributed by atoms with Crippen molar-refractivity contribution in [2.24, 2.45) is 10.1 Å². The molecule has 1 fully saturated rings. The smallest absolute Gasteiger partial charge is 0.230 e. The molecule has 3 aromatic rings. The average Bonchev–Trinajstić information content (AvgIpc) is 3.25. The van der Waals surface area contributed by atoms with Gasteiger partial charge in [-0.3, -0.25) is 4.48 Å². The third kappa shape index (κ3) is 3.83. The second-order valence-corrected chi connectivity index (χ2v) is 9.59. The Morgan fingerprint density at radius 3 is 2.62 bits per heavy atom. The van der Waals surface area contributed by atoms with E-state index in [1.54, 1.807) is 4.79 Å². The normalized spacial score (nSPS) is 22.1. The molecule has 8 heteroatoms. The molecule has 172 valence electrons. The highest BCUT2D eigenvalue weighted by Gasteiger charge is 2.56. The van der Waals surface area contributed by atoms with E-state index in [0.29, 0.717) is 22.3 Å². The van der Waals surface area contributed by atoms with E-state index in [-0.39, 0.29) is 12.0 Å². The summed E-state index contributed by atoms with van der Waals surface area (Å²) in [7, 11) is 0. The van der Waals surface area contributed by atoms with Gasteiger partial charge >= 0.3 is 0 Å². The van der Waals surface area contributed by atoms with E-state index in [2.05, 4.69) is 44.1 Å². The lowest BCUT2D eigenvalue weighted by Crippen LogP contribution is -2.30. The van der Waals surface area contributed by atoms with Gasteiger partial charge in [-0.1, -0.05) is 57.0 Å². The van der Waals surface area contributed by atoms with Crippen LogP contribution >= 0.6 is 11.6 Å². The maximum absolute atomic E-state index is 9.51. The Bertz CT molecular complexity index is 1330. The number of aliphatic imine (C=N–C) groups is 1. The molecule has 0 bridgehead atoms. The van der Waals surface area contributed by atoms with Crippen LogP contribution in [0.3, 0.4) is 0 Å². The van der Waals surface area contributed by atoms with Crippen molar-refractivity contribution in [3.8, 4) is 6.07 Å². The summed E-state index contributed by atoms with van der Waals surface area (Å²) in [6.45, 7) is 8.17. The van der Waals surface area contributed by atoms with Gasteiger partial charge in [0.25, 0.3) is 0 Å². The maximum Gasteiger partial charge on any atom is 0.230 e. The zero-order chi connectivity index (χ0) is 23.9. The van der Waals surface area contributed by atoms with Gasteiger partial charge < -0.3 is 0 Å². The van der Waals surface area contributed by atoms with Gasteiger partial charge in [-0.25, -0.2) is 9.98 Å². The number of fused-ring (bicyclic) bond motifs is 1. The highest BCUT2D eigenvalue weighted by molar-refractivity contribution is 6.56. The van der Waals surface area contributed by atoms with Crippen molar-refractivity contribution in [3.63, 3.8) is 0 Å². The first-order chi connectivity index (χ1) is 16.5. The number of quaternary nitrogens is 1. The highest BCUT2D eigenvalue weighted by Crippen LogP contribution is 2.40. The van der Waals surface area contributed by atoms with Crippen molar-refractivity contribution in [2.75, 3.05) is 13.1 Å². The molecule has 0 spiro atoms. The number of nitrogens with zero attached hydrogens (tertiary/aromatic N) is 7. The monoisotopic (exact) mass is 472 g/mol. The van der Waals surface area contributed by atoms with Crippen LogP contribution in [-0.2, 0) is 0 Å². The van der Waals surface area contributed by atoms with Gasteiger partial charge in [0, 0.05) is 23.6 Å². The molecule has 1 saturated heterocycles. The number of aromatic nitrogens is 3. The lowest BCUT2D eigenvalue weighted by Gasteiger charge is -2.18.